The molecule has 0 spiro atoms. The average molecular weight is 366 g/mol. The Morgan fingerprint density at radius 2 is 1.77 bits per heavy atom. The van der Waals surface area contributed by atoms with Crippen molar-refractivity contribution >= 4 is 17.6 Å². The first kappa shape index (κ1) is 19.5. The summed E-state index contributed by atoms with van der Waals surface area (Å²) in [4.78, 5) is 23.2. The van der Waals surface area contributed by atoms with Gasteiger partial charge in [0.05, 0.1) is 18.0 Å². The number of rotatable bonds is 7. The number of hydrogen-bond donors (Lipinski definition) is 2. The molecule has 2 rings (SSSR count). The molecule has 5 nitrogen and oxygen atoms in total. The minimum Gasteiger partial charge on any atom is -0.544 e. The molecule has 0 aliphatic rings. The van der Waals surface area contributed by atoms with E-state index in [0.29, 0.717) is 6.54 Å². The van der Waals surface area contributed by atoms with E-state index in [-0.39, 0.29) is 5.69 Å². The number of carbonyl (C=O) groups is 2. The molecule has 2 aromatic carbocycles. The van der Waals surface area contributed by atoms with Gasteiger partial charge in [0.15, 0.2) is 0 Å². The van der Waals surface area contributed by atoms with Gasteiger partial charge in [0.25, 0.3) is 0 Å². The van der Waals surface area contributed by atoms with Gasteiger partial charge in [0.1, 0.15) is 12.6 Å². The van der Waals surface area contributed by atoms with Gasteiger partial charge in [-0.25, -0.2) is 0 Å². The Bertz CT molecular complexity index is 764. The molecule has 0 aliphatic carbocycles. The number of amides is 1. The topological polar surface area (TPSA) is 85.8 Å². The fourth-order valence-electron chi connectivity index (χ4n) is 2.34. The quantitative estimate of drug-likeness (QED) is 0.764. The van der Waals surface area contributed by atoms with Gasteiger partial charge in [0.2, 0.25) is 5.91 Å². The zero-order chi connectivity index (χ0) is 19.2. The minimum absolute atomic E-state index is 0.0509. The lowest BCUT2D eigenvalue weighted by molar-refractivity contribution is -0.697. The highest BCUT2D eigenvalue weighted by Crippen LogP contribution is 2.30. The number of quaternary nitrogens is 1. The molecule has 0 unspecified atom stereocenters. The third kappa shape index (κ3) is 5.89. The highest BCUT2D eigenvalue weighted by molar-refractivity contribution is 5.93. The van der Waals surface area contributed by atoms with Crippen molar-refractivity contribution in [2.45, 2.75) is 25.2 Å². The Morgan fingerprint density at radius 1 is 1.08 bits per heavy atom. The molecule has 26 heavy (non-hydrogen) atoms. The number of nitrogens with one attached hydrogen (secondary N) is 1. The van der Waals surface area contributed by atoms with Crippen molar-refractivity contribution in [2.75, 3.05) is 5.32 Å². The third-order valence-corrected chi connectivity index (χ3v) is 3.66. The lowest BCUT2D eigenvalue weighted by atomic mass is 10.1. The van der Waals surface area contributed by atoms with Gasteiger partial charge in [-0.1, -0.05) is 36.4 Å². The van der Waals surface area contributed by atoms with Crippen molar-refractivity contribution in [2.24, 2.45) is 0 Å². The second-order valence-corrected chi connectivity index (χ2v) is 5.68. The van der Waals surface area contributed by atoms with Crippen LogP contribution >= 0.6 is 0 Å². The number of aliphatic carboxylic acids is 1. The fourth-order valence-corrected chi connectivity index (χ4v) is 2.34. The first-order valence-electron chi connectivity index (χ1n) is 7.81. The van der Waals surface area contributed by atoms with E-state index in [0.717, 1.165) is 23.8 Å². The first-order chi connectivity index (χ1) is 12.3. The van der Waals surface area contributed by atoms with E-state index in [1.54, 1.807) is 12.1 Å². The zero-order valence-electron chi connectivity index (χ0n) is 13.6. The highest BCUT2D eigenvalue weighted by atomic mass is 19.4. The van der Waals surface area contributed by atoms with Crippen LogP contribution in [0.3, 0.4) is 0 Å². The van der Waals surface area contributed by atoms with E-state index >= 15 is 0 Å². The summed E-state index contributed by atoms with van der Waals surface area (Å²) in [6.45, 7) is 0.330. The van der Waals surface area contributed by atoms with Crippen LogP contribution in [0.15, 0.2) is 54.6 Å². The maximum Gasteiger partial charge on any atom is 0.416 e. The van der Waals surface area contributed by atoms with Crippen LogP contribution in [0.5, 0.6) is 0 Å². The average Bonchev–Trinajstić information content (AvgIpc) is 2.58. The molecule has 1 amide bonds. The molecule has 0 heterocycles. The van der Waals surface area contributed by atoms with E-state index in [2.05, 4.69) is 5.32 Å². The van der Waals surface area contributed by atoms with Crippen molar-refractivity contribution in [3.05, 3.63) is 65.7 Å². The molecule has 0 radical (unpaired) electrons. The van der Waals surface area contributed by atoms with Crippen LogP contribution in [0, 0.1) is 0 Å². The molecule has 8 heteroatoms. The number of nitrogens with two attached hydrogens (primary N) is 1. The number of anilines is 1. The standard InChI is InChI=1S/C18H17F3N2O3/c19-18(20,21)13-7-4-8-14(9-13)23-16(24)10-15(17(25)26)22-11-12-5-2-1-3-6-12/h1-9,15,22H,10-11H2,(H,23,24)(H,25,26)/t15-/m1/s1. The maximum absolute atomic E-state index is 12.7. The molecular weight excluding hydrogens is 349 g/mol. The van der Waals surface area contributed by atoms with Gasteiger partial charge in [-0.2, -0.15) is 13.2 Å². The molecule has 0 fully saturated rings. The lowest BCUT2D eigenvalue weighted by Crippen LogP contribution is -2.92. The van der Waals surface area contributed by atoms with Crippen molar-refractivity contribution in [1.82, 2.24) is 0 Å². The summed E-state index contributed by atoms with van der Waals surface area (Å²) in [5.41, 5.74) is -0.0792. The Hall–Kier alpha value is -2.87. The van der Waals surface area contributed by atoms with Gasteiger partial charge in [0, 0.05) is 11.3 Å². The van der Waals surface area contributed by atoms with Gasteiger partial charge >= 0.3 is 6.18 Å². The molecule has 0 aliphatic heterocycles. The van der Waals surface area contributed by atoms with Crippen LogP contribution in [-0.4, -0.2) is 17.9 Å². The summed E-state index contributed by atoms with van der Waals surface area (Å²) in [7, 11) is 0. The number of alkyl halides is 3. The van der Waals surface area contributed by atoms with Crippen LogP contribution in [-0.2, 0) is 22.3 Å². The van der Waals surface area contributed by atoms with E-state index in [4.69, 9.17) is 0 Å². The van der Waals surface area contributed by atoms with Crippen molar-refractivity contribution in [1.29, 1.82) is 0 Å². The summed E-state index contributed by atoms with van der Waals surface area (Å²) in [5, 5.41) is 15.0. The number of benzene rings is 2. The Morgan fingerprint density at radius 3 is 2.38 bits per heavy atom. The number of hydrogen-bond acceptors (Lipinski definition) is 3. The maximum atomic E-state index is 12.7. The summed E-state index contributed by atoms with van der Waals surface area (Å²) >= 11 is 0. The van der Waals surface area contributed by atoms with Crippen molar-refractivity contribution in [3.8, 4) is 0 Å². The van der Waals surface area contributed by atoms with Crippen molar-refractivity contribution < 1.29 is 33.2 Å². The molecule has 1 atom stereocenters. The SMILES string of the molecule is O=C(C[C@@H]([NH2+]Cc1ccccc1)C(=O)[O-])Nc1cccc(C(F)(F)F)c1. The Balaban J connectivity index is 1.96. The first-order valence-corrected chi connectivity index (χ1v) is 7.81. The summed E-state index contributed by atoms with van der Waals surface area (Å²) in [6.07, 6.45) is -4.96. The molecule has 3 N–H and O–H groups in total. The normalized spacial score (nSPS) is 12.4. The third-order valence-electron chi connectivity index (χ3n) is 3.66. The molecule has 2 aromatic rings. The second kappa shape index (κ2) is 8.48. The smallest absolute Gasteiger partial charge is 0.416 e. The lowest BCUT2D eigenvalue weighted by Gasteiger charge is -2.17. The van der Waals surface area contributed by atoms with Crippen LogP contribution < -0.4 is 15.7 Å². The molecule has 0 saturated heterocycles. The van der Waals surface area contributed by atoms with Crippen LogP contribution in [0.4, 0.5) is 18.9 Å². The van der Waals surface area contributed by atoms with E-state index < -0.39 is 36.1 Å². The summed E-state index contributed by atoms with van der Waals surface area (Å²) in [5.74, 6) is -2.12. The predicted octanol–water partition coefficient (Wildman–Crippen LogP) is 0.916. The highest BCUT2D eigenvalue weighted by Gasteiger charge is 2.30. The monoisotopic (exact) mass is 366 g/mol. The predicted molar refractivity (Wildman–Crippen MR) is 85.6 cm³/mol. The number of halogens is 3. The molecule has 138 valence electrons. The van der Waals surface area contributed by atoms with Gasteiger partial charge in [-0.3, -0.25) is 4.79 Å². The van der Waals surface area contributed by atoms with Crippen molar-refractivity contribution in [3.63, 3.8) is 0 Å². The number of carbonyl (C=O) groups excluding carboxylic acids is 2. The second-order valence-electron chi connectivity index (χ2n) is 5.68. The summed E-state index contributed by atoms with van der Waals surface area (Å²) < 4.78 is 38.0. The van der Waals surface area contributed by atoms with Gasteiger partial charge in [-0.05, 0) is 18.2 Å². The Labute approximate surface area is 147 Å². The number of carboxylic acids is 1. The van der Waals surface area contributed by atoms with Crippen LogP contribution in [0.25, 0.3) is 0 Å². The largest absolute Gasteiger partial charge is 0.544 e. The van der Waals surface area contributed by atoms with E-state index in [1.807, 2.05) is 18.2 Å². The molecular formula is C18H17F3N2O3. The van der Waals surface area contributed by atoms with Crippen LogP contribution in [0.1, 0.15) is 17.5 Å². The minimum atomic E-state index is -4.53. The van der Waals surface area contributed by atoms with Crippen LogP contribution in [0.2, 0.25) is 0 Å². The molecule has 0 saturated carbocycles. The number of carboxylic acid groups (broad SMARTS) is 1. The van der Waals surface area contributed by atoms with E-state index in [9.17, 15) is 27.9 Å². The van der Waals surface area contributed by atoms with E-state index in [1.165, 1.54) is 11.4 Å². The van der Waals surface area contributed by atoms with Gasteiger partial charge < -0.3 is 20.5 Å². The zero-order valence-corrected chi connectivity index (χ0v) is 13.6. The molecule has 0 bridgehead atoms. The fraction of sp³-hybridized carbons (Fsp3) is 0.222. The van der Waals surface area contributed by atoms with Gasteiger partial charge in [-0.15, -0.1) is 0 Å². The molecule has 0 aromatic heterocycles. The summed E-state index contributed by atoms with van der Waals surface area (Å²) in [6, 6.07) is 12.0. The Kier molecular flexibility index (Phi) is 6.35.